The second kappa shape index (κ2) is 6.46. The predicted molar refractivity (Wildman–Crippen MR) is 59.5 cm³/mol. The van der Waals surface area contributed by atoms with Crippen LogP contribution in [0.3, 0.4) is 0 Å². The second-order valence-electron chi connectivity index (χ2n) is 4.94. The van der Waals surface area contributed by atoms with E-state index >= 15 is 0 Å². The summed E-state index contributed by atoms with van der Waals surface area (Å²) < 4.78 is 0. The standard InChI is InChI=1S/C12H24O3/c1-9(13)7-11(14)8-12(15)10-5-3-2-4-6-10/h9-15H,2-8H2,1H3. The molecule has 90 valence electrons. The molecule has 0 radical (unpaired) electrons. The smallest absolute Gasteiger partial charge is 0.0593 e. The van der Waals surface area contributed by atoms with Crippen LogP contribution in [0.4, 0.5) is 0 Å². The molecule has 1 rings (SSSR count). The van der Waals surface area contributed by atoms with E-state index in [9.17, 15) is 10.2 Å². The third-order valence-electron chi connectivity index (χ3n) is 3.32. The van der Waals surface area contributed by atoms with E-state index in [1.54, 1.807) is 6.92 Å². The van der Waals surface area contributed by atoms with Crippen molar-refractivity contribution in [2.75, 3.05) is 0 Å². The fourth-order valence-corrected chi connectivity index (χ4v) is 2.48. The van der Waals surface area contributed by atoms with Crippen LogP contribution in [-0.4, -0.2) is 33.6 Å². The molecule has 0 bridgehead atoms. The zero-order valence-corrected chi connectivity index (χ0v) is 9.60. The third-order valence-corrected chi connectivity index (χ3v) is 3.32. The van der Waals surface area contributed by atoms with Gasteiger partial charge in [-0.25, -0.2) is 0 Å². The zero-order chi connectivity index (χ0) is 11.3. The van der Waals surface area contributed by atoms with Crippen LogP contribution < -0.4 is 0 Å². The van der Waals surface area contributed by atoms with Gasteiger partial charge in [-0.15, -0.1) is 0 Å². The lowest BCUT2D eigenvalue weighted by Gasteiger charge is -2.28. The summed E-state index contributed by atoms with van der Waals surface area (Å²) in [4.78, 5) is 0. The van der Waals surface area contributed by atoms with Crippen molar-refractivity contribution in [3.05, 3.63) is 0 Å². The van der Waals surface area contributed by atoms with Crippen molar-refractivity contribution < 1.29 is 15.3 Å². The van der Waals surface area contributed by atoms with E-state index in [0.29, 0.717) is 18.8 Å². The second-order valence-corrected chi connectivity index (χ2v) is 4.94. The molecule has 0 aromatic heterocycles. The minimum Gasteiger partial charge on any atom is -0.393 e. The maximum absolute atomic E-state index is 9.92. The largest absolute Gasteiger partial charge is 0.393 e. The molecule has 3 N–H and O–H groups in total. The molecule has 1 aliphatic carbocycles. The summed E-state index contributed by atoms with van der Waals surface area (Å²) in [6.07, 6.45) is 5.19. The monoisotopic (exact) mass is 216 g/mol. The lowest BCUT2D eigenvalue weighted by atomic mass is 9.83. The summed E-state index contributed by atoms with van der Waals surface area (Å²) in [5, 5.41) is 28.6. The maximum atomic E-state index is 9.92. The predicted octanol–water partition coefficient (Wildman–Crippen LogP) is 1.45. The topological polar surface area (TPSA) is 60.7 Å². The summed E-state index contributed by atoms with van der Waals surface area (Å²) in [6.45, 7) is 1.66. The summed E-state index contributed by atoms with van der Waals surface area (Å²) in [5.74, 6) is 0.363. The van der Waals surface area contributed by atoms with E-state index in [-0.39, 0.29) is 6.10 Å². The summed E-state index contributed by atoms with van der Waals surface area (Å²) in [7, 11) is 0. The average Bonchev–Trinajstić information content (AvgIpc) is 2.17. The SMILES string of the molecule is CC(O)CC(O)CC(O)C1CCCCC1. The molecule has 0 aromatic carbocycles. The Hall–Kier alpha value is -0.120. The van der Waals surface area contributed by atoms with Gasteiger partial charge in [-0.05, 0) is 38.5 Å². The highest BCUT2D eigenvalue weighted by Gasteiger charge is 2.24. The van der Waals surface area contributed by atoms with Crippen LogP contribution in [0.5, 0.6) is 0 Å². The molecule has 0 heterocycles. The fraction of sp³-hybridized carbons (Fsp3) is 1.00. The van der Waals surface area contributed by atoms with Gasteiger partial charge >= 0.3 is 0 Å². The quantitative estimate of drug-likeness (QED) is 0.652. The van der Waals surface area contributed by atoms with Gasteiger partial charge in [0.1, 0.15) is 0 Å². The van der Waals surface area contributed by atoms with Gasteiger partial charge in [-0.1, -0.05) is 19.3 Å². The van der Waals surface area contributed by atoms with Gasteiger partial charge in [0.05, 0.1) is 18.3 Å². The molecule has 0 aliphatic heterocycles. The Morgan fingerprint density at radius 1 is 1.00 bits per heavy atom. The molecule has 3 nitrogen and oxygen atoms in total. The van der Waals surface area contributed by atoms with Crippen LogP contribution in [0, 0.1) is 5.92 Å². The lowest BCUT2D eigenvalue weighted by Crippen LogP contribution is -2.28. The van der Waals surface area contributed by atoms with E-state index in [2.05, 4.69) is 0 Å². The van der Waals surface area contributed by atoms with E-state index in [4.69, 9.17) is 5.11 Å². The molecular weight excluding hydrogens is 192 g/mol. The Bertz CT molecular complexity index is 164. The molecule has 1 fully saturated rings. The normalized spacial score (nSPS) is 24.8. The first-order chi connectivity index (χ1) is 7.09. The first-order valence-electron chi connectivity index (χ1n) is 6.13. The van der Waals surface area contributed by atoms with Crippen LogP contribution in [0.15, 0.2) is 0 Å². The summed E-state index contributed by atoms with van der Waals surface area (Å²) in [6, 6.07) is 0. The molecule has 0 spiro atoms. The van der Waals surface area contributed by atoms with Crippen molar-refractivity contribution in [1.29, 1.82) is 0 Å². The van der Waals surface area contributed by atoms with E-state index in [0.717, 1.165) is 12.8 Å². The van der Waals surface area contributed by atoms with Gasteiger partial charge in [0, 0.05) is 0 Å². The van der Waals surface area contributed by atoms with Gasteiger partial charge < -0.3 is 15.3 Å². The maximum Gasteiger partial charge on any atom is 0.0593 e. The highest BCUT2D eigenvalue weighted by molar-refractivity contribution is 4.76. The Kier molecular flexibility index (Phi) is 5.58. The van der Waals surface area contributed by atoms with Gasteiger partial charge in [-0.2, -0.15) is 0 Å². The van der Waals surface area contributed by atoms with Crippen molar-refractivity contribution in [3.8, 4) is 0 Å². The number of rotatable bonds is 5. The number of hydrogen-bond acceptors (Lipinski definition) is 3. The molecule has 1 saturated carbocycles. The molecule has 3 unspecified atom stereocenters. The van der Waals surface area contributed by atoms with Crippen LogP contribution in [0.2, 0.25) is 0 Å². The number of aliphatic hydroxyl groups excluding tert-OH is 3. The zero-order valence-electron chi connectivity index (χ0n) is 9.60. The Morgan fingerprint density at radius 3 is 2.13 bits per heavy atom. The van der Waals surface area contributed by atoms with Crippen molar-refractivity contribution in [3.63, 3.8) is 0 Å². The van der Waals surface area contributed by atoms with Gasteiger partial charge in [0.25, 0.3) is 0 Å². The molecule has 0 saturated heterocycles. The van der Waals surface area contributed by atoms with Crippen LogP contribution >= 0.6 is 0 Å². The summed E-state index contributed by atoms with van der Waals surface area (Å²) in [5.41, 5.74) is 0. The van der Waals surface area contributed by atoms with E-state index in [1.165, 1.54) is 19.3 Å². The average molecular weight is 216 g/mol. The van der Waals surface area contributed by atoms with Gasteiger partial charge in [-0.3, -0.25) is 0 Å². The van der Waals surface area contributed by atoms with Crippen molar-refractivity contribution >= 4 is 0 Å². The molecular formula is C12H24O3. The highest BCUT2D eigenvalue weighted by atomic mass is 16.3. The molecule has 1 aliphatic rings. The van der Waals surface area contributed by atoms with Crippen LogP contribution in [0.25, 0.3) is 0 Å². The van der Waals surface area contributed by atoms with E-state index < -0.39 is 12.2 Å². The Labute approximate surface area is 92.1 Å². The molecule has 3 heteroatoms. The lowest BCUT2D eigenvalue weighted by molar-refractivity contribution is 0.0129. The van der Waals surface area contributed by atoms with Gasteiger partial charge in [0.15, 0.2) is 0 Å². The Balaban J connectivity index is 2.23. The van der Waals surface area contributed by atoms with Crippen molar-refractivity contribution in [2.45, 2.75) is 70.2 Å². The van der Waals surface area contributed by atoms with Crippen LogP contribution in [0.1, 0.15) is 51.9 Å². The Morgan fingerprint density at radius 2 is 1.60 bits per heavy atom. The molecule has 15 heavy (non-hydrogen) atoms. The van der Waals surface area contributed by atoms with Crippen LogP contribution in [-0.2, 0) is 0 Å². The minimum atomic E-state index is -0.568. The first kappa shape index (κ1) is 12.9. The third kappa shape index (κ3) is 4.96. The molecule has 0 aromatic rings. The summed E-state index contributed by atoms with van der Waals surface area (Å²) >= 11 is 0. The molecule has 0 amide bonds. The van der Waals surface area contributed by atoms with Gasteiger partial charge in [0.2, 0.25) is 0 Å². The first-order valence-corrected chi connectivity index (χ1v) is 6.13. The minimum absolute atomic E-state index is 0.363. The highest BCUT2D eigenvalue weighted by Crippen LogP contribution is 2.28. The number of hydrogen-bond donors (Lipinski definition) is 3. The van der Waals surface area contributed by atoms with Crippen molar-refractivity contribution in [1.82, 2.24) is 0 Å². The molecule has 3 atom stereocenters. The van der Waals surface area contributed by atoms with Crippen molar-refractivity contribution in [2.24, 2.45) is 5.92 Å². The number of aliphatic hydroxyl groups is 3. The fourth-order valence-electron chi connectivity index (χ4n) is 2.48. The van der Waals surface area contributed by atoms with E-state index in [1.807, 2.05) is 0 Å².